The first-order valence-electron chi connectivity index (χ1n) is 7.06. The first-order valence-corrected chi connectivity index (χ1v) is 9.67. The molecule has 0 aromatic heterocycles. The predicted octanol–water partition coefficient (Wildman–Crippen LogP) is 3.85. The molecule has 1 amide bonds. The van der Waals surface area contributed by atoms with Gasteiger partial charge in [0.2, 0.25) is 15.9 Å². The fourth-order valence-corrected chi connectivity index (χ4v) is 3.38. The molecule has 0 spiro atoms. The smallest absolute Gasteiger partial charge is 0.245 e. The van der Waals surface area contributed by atoms with Crippen molar-refractivity contribution in [3.8, 4) is 0 Å². The van der Waals surface area contributed by atoms with Crippen LogP contribution in [0, 0.1) is 12.7 Å². The molecule has 0 fully saturated rings. The average Bonchev–Trinajstić information content (AvgIpc) is 2.49. The highest BCUT2D eigenvalue weighted by Crippen LogP contribution is 2.25. The number of sulfonamides is 1. The Morgan fingerprint density at radius 2 is 1.88 bits per heavy atom. The van der Waals surface area contributed by atoms with Gasteiger partial charge in [0.1, 0.15) is 12.4 Å². The maximum atomic E-state index is 13.3. The minimum absolute atomic E-state index is 0.0943. The van der Waals surface area contributed by atoms with E-state index < -0.39 is 28.3 Å². The topological polar surface area (TPSA) is 66.5 Å². The minimum Gasteiger partial charge on any atom is -0.324 e. The zero-order valence-electron chi connectivity index (χ0n) is 13.4. The van der Waals surface area contributed by atoms with Gasteiger partial charge in [-0.3, -0.25) is 9.10 Å². The van der Waals surface area contributed by atoms with Crippen LogP contribution >= 0.6 is 23.2 Å². The summed E-state index contributed by atoms with van der Waals surface area (Å²) in [4.78, 5) is 12.3. The van der Waals surface area contributed by atoms with Gasteiger partial charge in [-0.05, 0) is 48.9 Å². The summed E-state index contributed by atoms with van der Waals surface area (Å²) in [7, 11) is -3.78. The van der Waals surface area contributed by atoms with Crippen molar-refractivity contribution < 1.29 is 17.6 Å². The molecular weight excluding hydrogens is 390 g/mol. The van der Waals surface area contributed by atoms with E-state index in [1.807, 2.05) is 0 Å². The summed E-state index contributed by atoms with van der Waals surface area (Å²) in [5, 5.41) is 2.91. The van der Waals surface area contributed by atoms with E-state index in [1.165, 1.54) is 6.07 Å². The van der Waals surface area contributed by atoms with E-state index in [1.54, 1.807) is 25.1 Å². The van der Waals surface area contributed by atoms with E-state index in [4.69, 9.17) is 23.2 Å². The molecule has 2 aromatic rings. The van der Waals surface area contributed by atoms with Gasteiger partial charge in [0, 0.05) is 10.7 Å². The molecule has 2 aromatic carbocycles. The molecule has 0 radical (unpaired) electrons. The normalized spacial score (nSPS) is 11.2. The molecule has 134 valence electrons. The average molecular weight is 405 g/mol. The second kappa shape index (κ2) is 7.59. The number of carbonyl (C=O) groups is 1. The number of carbonyl (C=O) groups excluding carboxylic acids is 1. The monoisotopic (exact) mass is 404 g/mol. The van der Waals surface area contributed by atoms with Crippen molar-refractivity contribution in [2.24, 2.45) is 0 Å². The van der Waals surface area contributed by atoms with Gasteiger partial charge in [0.15, 0.2) is 0 Å². The maximum absolute atomic E-state index is 13.3. The van der Waals surface area contributed by atoms with Crippen molar-refractivity contribution in [3.05, 3.63) is 57.8 Å². The quantitative estimate of drug-likeness (QED) is 0.822. The van der Waals surface area contributed by atoms with Crippen LogP contribution in [0.3, 0.4) is 0 Å². The van der Waals surface area contributed by atoms with Gasteiger partial charge in [-0.25, -0.2) is 12.8 Å². The highest BCUT2D eigenvalue weighted by atomic mass is 35.5. The fraction of sp³-hybridized carbons (Fsp3) is 0.188. The molecule has 1 N–H and O–H groups in total. The first-order chi connectivity index (χ1) is 11.6. The Kier molecular flexibility index (Phi) is 5.92. The van der Waals surface area contributed by atoms with Crippen LogP contribution in [0.25, 0.3) is 0 Å². The number of aryl methyl sites for hydroxylation is 1. The Balaban J connectivity index is 2.25. The number of anilines is 2. The minimum atomic E-state index is -3.78. The summed E-state index contributed by atoms with van der Waals surface area (Å²) in [6.07, 6.45) is 0.949. The van der Waals surface area contributed by atoms with Crippen molar-refractivity contribution in [1.82, 2.24) is 0 Å². The Hall–Kier alpha value is -1.83. The van der Waals surface area contributed by atoms with Crippen molar-refractivity contribution in [3.63, 3.8) is 0 Å². The molecule has 9 heteroatoms. The van der Waals surface area contributed by atoms with Gasteiger partial charge in [-0.15, -0.1) is 0 Å². The second-order valence-electron chi connectivity index (χ2n) is 5.38. The number of halogens is 3. The van der Waals surface area contributed by atoms with Crippen molar-refractivity contribution in [1.29, 1.82) is 0 Å². The lowest BCUT2D eigenvalue weighted by Gasteiger charge is -2.22. The van der Waals surface area contributed by atoms with E-state index in [0.717, 1.165) is 28.3 Å². The maximum Gasteiger partial charge on any atom is 0.245 e. The van der Waals surface area contributed by atoms with Crippen LogP contribution in [0.4, 0.5) is 15.8 Å². The second-order valence-corrected chi connectivity index (χ2v) is 8.13. The Labute approximate surface area is 155 Å². The Morgan fingerprint density at radius 1 is 1.20 bits per heavy atom. The molecule has 0 aliphatic carbocycles. The summed E-state index contributed by atoms with van der Waals surface area (Å²) >= 11 is 11.6. The largest absolute Gasteiger partial charge is 0.324 e. The molecule has 0 aliphatic rings. The SMILES string of the molecule is Cc1cc(Cl)ccc1NC(=O)CN(c1ccc(F)c(Cl)c1)S(C)(=O)=O. The molecule has 0 bridgehead atoms. The molecule has 0 aliphatic heterocycles. The number of amides is 1. The number of nitrogens with one attached hydrogen (secondary N) is 1. The lowest BCUT2D eigenvalue weighted by atomic mass is 10.2. The number of hydrogen-bond donors (Lipinski definition) is 1. The number of rotatable bonds is 5. The van der Waals surface area contributed by atoms with Crippen LogP contribution in [-0.4, -0.2) is 27.1 Å². The Bertz CT molecular complexity index is 920. The van der Waals surface area contributed by atoms with Crippen molar-refractivity contribution in [2.45, 2.75) is 6.92 Å². The molecule has 0 unspecified atom stereocenters. The van der Waals surface area contributed by atoms with Gasteiger partial charge in [0.05, 0.1) is 17.0 Å². The van der Waals surface area contributed by atoms with Crippen LogP contribution in [0.1, 0.15) is 5.56 Å². The number of nitrogens with zero attached hydrogens (tertiary/aromatic N) is 1. The van der Waals surface area contributed by atoms with E-state index in [9.17, 15) is 17.6 Å². The summed E-state index contributed by atoms with van der Waals surface area (Å²) in [5.74, 6) is -1.24. The van der Waals surface area contributed by atoms with E-state index in [0.29, 0.717) is 10.7 Å². The Morgan fingerprint density at radius 3 is 2.44 bits per heavy atom. The molecule has 25 heavy (non-hydrogen) atoms. The molecule has 0 saturated heterocycles. The summed E-state index contributed by atoms with van der Waals surface area (Å²) < 4.78 is 38.2. The van der Waals surface area contributed by atoms with Crippen LogP contribution in [0.2, 0.25) is 10.0 Å². The zero-order chi connectivity index (χ0) is 18.8. The van der Waals surface area contributed by atoms with Crippen molar-refractivity contribution >= 4 is 50.5 Å². The van der Waals surface area contributed by atoms with Crippen LogP contribution in [0.15, 0.2) is 36.4 Å². The molecule has 0 heterocycles. The summed E-state index contributed by atoms with van der Waals surface area (Å²) in [6, 6.07) is 8.33. The number of hydrogen-bond acceptors (Lipinski definition) is 3. The lowest BCUT2D eigenvalue weighted by Crippen LogP contribution is -2.37. The highest BCUT2D eigenvalue weighted by Gasteiger charge is 2.22. The molecule has 0 atom stereocenters. The van der Waals surface area contributed by atoms with Gasteiger partial charge in [-0.2, -0.15) is 0 Å². The standard InChI is InChI=1S/C16H15Cl2FN2O3S/c1-10-7-11(17)3-6-15(10)20-16(22)9-21(25(2,23)24)12-4-5-14(19)13(18)8-12/h3-8H,9H2,1-2H3,(H,20,22). The van der Waals surface area contributed by atoms with Gasteiger partial charge >= 0.3 is 0 Å². The van der Waals surface area contributed by atoms with E-state index in [-0.39, 0.29) is 10.7 Å². The molecule has 5 nitrogen and oxygen atoms in total. The highest BCUT2D eigenvalue weighted by molar-refractivity contribution is 7.92. The fourth-order valence-electron chi connectivity index (χ4n) is 2.13. The summed E-state index contributed by atoms with van der Waals surface area (Å²) in [6.45, 7) is 1.28. The van der Waals surface area contributed by atoms with E-state index >= 15 is 0 Å². The third-order valence-electron chi connectivity index (χ3n) is 3.34. The summed E-state index contributed by atoms with van der Waals surface area (Å²) in [5.41, 5.74) is 1.34. The van der Waals surface area contributed by atoms with Crippen molar-refractivity contribution in [2.75, 3.05) is 22.4 Å². The third kappa shape index (κ3) is 5.07. The molecular formula is C16H15Cl2FN2O3S. The third-order valence-corrected chi connectivity index (χ3v) is 5.01. The van der Waals surface area contributed by atoms with Gasteiger partial charge in [-0.1, -0.05) is 23.2 Å². The predicted molar refractivity (Wildman–Crippen MR) is 98.4 cm³/mol. The van der Waals surface area contributed by atoms with Gasteiger partial charge < -0.3 is 5.32 Å². The van der Waals surface area contributed by atoms with E-state index in [2.05, 4.69) is 5.32 Å². The lowest BCUT2D eigenvalue weighted by molar-refractivity contribution is -0.114. The molecule has 2 rings (SSSR count). The van der Waals surface area contributed by atoms with Crippen LogP contribution in [0.5, 0.6) is 0 Å². The number of benzene rings is 2. The first kappa shape index (κ1) is 19.5. The zero-order valence-corrected chi connectivity index (χ0v) is 15.7. The van der Waals surface area contributed by atoms with Gasteiger partial charge in [0.25, 0.3) is 0 Å². The van der Waals surface area contributed by atoms with Crippen LogP contribution < -0.4 is 9.62 Å². The van der Waals surface area contributed by atoms with Crippen LogP contribution in [-0.2, 0) is 14.8 Å². The molecule has 0 saturated carbocycles.